The minimum atomic E-state index is -0.549. The highest BCUT2D eigenvalue weighted by Gasteiger charge is 2.30. The van der Waals surface area contributed by atoms with Gasteiger partial charge in [-0.2, -0.15) is 10.1 Å². The van der Waals surface area contributed by atoms with Crippen LogP contribution < -0.4 is 11.1 Å². The Morgan fingerprint density at radius 3 is 2.94 bits per heavy atom. The molecule has 166 valence electrons. The second-order valence-corrected chi connectivity index (χ2v) is 7.61. The Hall–Kier alpha value is -4.46. The van der Waals surface area contributed by atoms with Crippen molar-refractivity contribution in [1.29, 1.82) is 0 Å². The molecule has 11 heteroatoms. The van der Waals surface area contributed by atoms with E-state index in [2.05, 4.69) is 37.2 Å². The molecule has 1 aliphatic rings. The van der Waals surface area contributed by atoms with Crippen molar-refractivity contribution in [3.63, 3.8) is 0 Å². The molecule has 0 aliphatic carbocycles. The number of carbonyl (C=O) groups is 2. The first-order chi connectivity index (χ1) is 16.0. The molecular weight excluding hydrogens is 424 g/mol. The summed E-state index contributed by atoms with van der Waals surface area (Å²) in [6.45, 7) is 2.65. The van der Waals surface area contributed by atoms with Crippen LogP contribution in [0.25, 0.3) is 22.1 Å². The third kappa shape index (κ3) is 3.71. The summed E-state index contributed by atoms with van der Waals surface area (Å²) in [6.07, 6.45) is 2.86. The van der Waals surface area contributed by atoms with Crippen LogP contribution in [0.2, 0.25) is 0 Å². The number of hydrogen-bond acceptors (Lipinski definition) is 8. The summed E-state index contributed by atoms with van der Waals surface area (Å²) in [7, 11) is 0. The van der Waals surface area contributed by atoms with Gasteiger partial charge in [0.1, 0.15) is 17.7 Å². The van der Waals surface area contributed by atoms with E-state index in [0.717, 1.165) is 12.8 Å². The van der Waals surface area contributed by atoms with E-state index in [4.69, 9.17) is 10.2 Å². The first kappa shape index (κ1) is 20.4. The average Bonchev–Trinajstić information content (AvgIpc) is 3.41. The zero-order chi connectivity index (χ0) is 22.9. The first-order valence-electron chi connectivity index (χ1n) is 10.4. The van der Waals surface area contributed by atoms with Crippen LogP contribution in [0.3, 0.4) is 0 Å². The number of carbonyl (C=O) groups excluding carboxylic acids is 2. The molecular formula is C22H20N8O3. The summed E-state index contributed by atoms with van der Waals surface area (Å²) >= 11 is 0. The van der Waals surface area contributed by atoms with Crippen LogP contribution in [-0.2, 0) is 4.79 Å². The lowest BCUT2D eigenvalue weighted by molar-refractivity contribution is -0.126. The smallest absolute Gasteiger partial charge is 0.302 e. The van der Waals surface area contributed by atoms with Gasteiger partial charge >= 0.3 is 6.01 Å². The van der Waals surface area contributed by atoms with Gasteiger partial charge in [0.25, 0.3) is 11.8 Å². The third-order valence-electron chi connectivity index (χ3n) is 5.51. The number of nitrogens with two attached hydrogens (primary N) is 1. The Kier molecular flexibility index (Phi) is 5.10. The number of oxazole rings is 1. The third-order valence-corrected chi connectivity index (χ3v) is 5.51. The molecule has 2 amide bonds. The Labute approximate surface area is 188 Å². The Morgan fingerprint density at radius 1 is 1.27 bits per heavy atom. The van der Waals surface area contributed by atoms with E-state index < -0.39 is 5.91 Å². The molecule has 1 atom stereocenters. The molecule has 5 rings (SSSR count). The zero-order valence-electron chi connectivity index (χ0n) is 17.8. The summed E-state index contributed by atoms with van der Waals surface area (Å²) in [5.41, 5.74) is 7.75. The lowest BCUT2D eigenvalue weighted by Crippen LogP contribution is -2.40. The summed E-state index contributed by atoms with van der Waals surface area (Å²) in [4.78, 5) is 39.7. The van der Waals surface area contributed by atoms with Gasteiger partial charge in [0.05, 0.1) is 11.4 Å². The van der Waals surface area contributed by atoms with Gasteiger partial charge in [0.2, 0.25) is 0 Å². The molecule has 1 unspecified atom stereocenters. The van der Waals surface area contributed by atoms with Gasteiger partial charge < -0.3 is 15.1 Å². The number of piperidine rings is 1. The molecule has 3 aromatic heterocycles. The topological polar surface area (TPSA) is 145 Å². The second-order valence-electron chi connectivity index (χ2n) is 7.61. The highest BCUT2D eigenvalue weighted by molar-refractivity contribution is 6.12. The van der Waals surface area contributed by atoms with Crippen LogP contribution in [0.5, 0.6) is 0 Å². The average molecular weight is 444 g/mol. The number of hydrogen-bond donors (Lipinski definition) is 2. The number of fused-ring (bicyclic) bond motifs is 2. The predicted molar refractivity (Wildman–Crippen MR) is 120 cm³/mol. The molecule has 1 fully saturated rings. The number of aromatic nitrogens is 5. The molecule has 11 nitrogen and oxygen atoms in total. The van der Waals surface area contributed by atoms with Crippen LogP contribution in [0.15, 0.2) is 35.0 Å². The van der Waals surface area contributed by atoms with Crippen LogP contribution in [0, 0.1) is 11.8 Å². The van der Waals surface area contributed by atoms with Crippen molar-refractivity contribution in [2.45, 2.75) is 25.8 Å². The summed E-state index contributed by atoms with van der Waals surface area (Å²) in [6, 6.07) is 7.04. The number of nitrogens with one attached hydrogen (secondary N) is 1. The zero-order valence-corrected chi connectivity index (χ0v) is 17.8. The number of rotatable bonds is 3. The van der Waals surface area contributed by atoms with E-state index >= 15 is 0 Å². The van der Waals surface area contributed by atoms with Crippen molar-refractivity contribution >= 4 is 45.8 Å². The van der Waals surface area contributed by atoms with Gasteiger partial charge in [-0.25, -0.2) is 14.6 Å². The molecule has 0 saturated carbocycles. The van der Waals surface area contributed by atoms with Crippen molar-refractivity contribution in [2.75, 3.05) is 24.1 Å². The number of likely N-dealkylation sites (tertiary alicyclic amines) is 1. The van der Waals surface area contributed by atoms with Gasteiger partial charge in [0, 0.05) is 13.1 Å². The largest absolute Gasteiger partial charge is 0.423 e. The van der Waals surface area contributed by atoms with Crippen LogP contribution in [0.1, 0.15) is 36.3 Å². The molecule has 1 aliphatic heterocycles. The van der Waals surface area contributed by atoms with Gasteiger partial charge in [-0.15, -0.1) is 0 Å². The lowest BCUT2D eigenvalue weighted by atomic mass is 10.1. The molecule has 1 aromatic carbocycles. The molecule has 33 heavy (non-hydrogen) atoms. The van der Waals surface area contributed by atoms with Crippen molar-refractivity contribution in [1.82, 2.24) is 29.6 Å². The van der Waals surface area contributed by atoms with Gasteiger partial charge in [-0.3, -0.25) is 14.9 Å². The minimum Gasteiger partial charge on any atom is -0.423 e. The fraction of sp³-hybridized carbons (Fsp3) is 0.273. The van der Waals surface area contributed by atoms with E-state index in [0.29, 0.717) is 35.2 Å². The van der Waals surface area contributed by atoms with Crippen molar-refractivity contribution < 1.29 is 14.0 Å². The van der Waals surface area contributed by atoms with E-state index in [1.165, 1.54) is 6.33 Å². The number of nitrogens with zero attached hydrogens (tertiary/aromatic N) is 6. The van der Waals surface area contributed by atoms with Crippen molar-refractivity contribution in [3.8, 4) is 11.8 Å². The quantitative estimate of drug-likeness (QED) is 0.456. The Morgan fingerprint density at radius 2 is 2.12 bits per heavy atom. The van der Waals surface area contributed by atoms with Gasteiger partial charge in [0.15, 0.2) is 16.9 Å². The first-order valence-corrected chi connectivity index (χ1v) is 10.4. The van der Waals surface area contributed by atoms with Gasteiger partial charge in [-0.05, 0) is 37.8 Å². The van der Waals surface area contributed by atoms with E-state index in [9.17, 15) is 9.59 Å². The number of nitrogen functional groups attached to an aromatic ring is 1. The number of para-hydroxylation sites is 2. The maximum absolute atomic E-state index is 13.1. The minimum absolute atomic E-state index is 0.0481. The highest BCUT2D eigenvalue weighted by atomic mass is 16.4. The standard InChI is InChI=1S/C22H20N8O3/c1-2-6-16(31)29-10-5-7-13(11-29)30-20-17(19(23)24-12-25-20)18(28-30)21(32)27-22-26-14-8-3-4-9-15(14)33-22/h3-4,8-9,12-13H,5,7,10-11H2,1H3,(H2,23,24,25)(H,26,27,32). The normalized spacial score (nSPS) is 15.9. The van der Waals surface area contributed by atoms with Crippen LogP contribution in [-0.4, -0.2) is 54.5 Å². The summed E-state index contributed by atoms with van der Waals surface area (Å²) < 4.78 is 7.24. The fourth-order valence-electron chi connectivity index (χ4n) is 4.02. The SMILES string of the molecule is CC#CC(=O)N1CCCC(n2nc(C(=O)Nc3nc4ccccc4o3)c3c(N)ncnc32)C1. The molecule has 4 aromatic rings. The van der Waals surface area contributed by atoms with E-state index in [1.807, 2.05) is 12.1 Å². The summed E-state index contributed by atoms with van der Waals surface area (Å²) in [5.74, 6) is 4.57. The predicted octanol–water partition coefficient (Wildman–Crippen LogP) is 1.99. The molecule has 4 heterocycles. The number of amides is 2. The van der Waals surface area contributed by atoms with Crippen LogP contribution >= 0.6 is 0 Å². The molecule has 1 saturated heterocycles. The number of benzene rings is 1. The van der Waals surface area contributed by atoms with Crippen LogP contribution in [0.4, 0.5) is 11.8 Å². The fourth-order valence-corrected chi connectivity index (χ4v) is 4.02. The molecule has 3 N–H and O–H groups in total. The Balaban J connectivity index is 1.50. The number of anilines is 2. The lowest BCUT2D eigenvalue weighted by Gasteiger charge is -2.31. The Bertz CT molecular complexity index is 1410. The monoisotopic (exact) mass is 444 g/mol. The highest BCUT2D eigenvalue weighted by Crippen LogP contribution is 2.29. The summed E-state index contributed by atoms with van der Waals surface area (Å²) in [5, 5.41) is 7.52. The molecule has 0 spiro atoms. The van der Waals surface area contributed by atoms with E-state index in [-0.39, 0.29) is 29.5 Å². The molecule has 0 radical (unpaired) electrons. The maximum atomic E-state index is 13.1. The van der Waals surface area contributed by atoms with Crippen molar-refractivity contribution in [2.24, 2.45) is 0 Å². The second kappa shape index (κ2) is 8.23. The van der Waals surface area contributed by atoms with Gasteiger partial charge in [-0.1, -0.05) is 18.1 Å². The van der Waals surface area contributed by atoms with E-state index in [1.54, 1.807) is 28.6 Å². The molecule has 0 bridgehead atoms. The maximum Gasteiger partial charge on any atom is 0.302 e. The van der Waals surface area contributed by atoms with Crippen molar-refractivity contribution in [3.05, 3.63) is 36.3 Å².